The summed E-state index contributed by atoms with van der Waals surface area (Å²) in [6, 6.07) is 0. The minimum Gasteiger partial charge on any atom is -0.465 e. The number of hydrogen-bond donors (Lipinski definition) is 0. The van der Waals surface area contributed by atoms with Crippen molar-refractivity contribution in [3.63, 3.8) is 0 Å². The van der Waals surface area contributed by atoms with E-state index in [1.54, 1.807) is 0 Å². The fourth-order valence-corrected chi connectivity index (χ4v) is 2.17. The molecule has 3 aliphatic rings. The van der Waals surface area contributed by atoms with Crippen LogP contribution in [0.25, 0.3) is 0 Å². The second-order valence-corrected chi connectivity index (χ2v) is 3.27. The highest BCUT2D eigenvalue weighted by Crippen LogP contribution is 2.42. The summed E-state index contributed by atoms with van der Waals surface area (Å²) in [5.74, 6) is 0.231. The molecule has 0 unspecified atom stereocenters. The Morgan fingerprint density at radius 3 is 3.00 bits per heavy atom. The van der Waals surface area contributed by atoms with E-state index in [1.807, 2.05) is 12.2 Å². The third-order valence-corrected chi connectivity index (χ3v) is 2.73. The molecular weight excluding hydrogens is 144 g/mol. The van der Waals surface area contributed by atoms with E-state index < -0.39 is 0 Å². The molecule has 0 aromatic rings. The van der Waals surface area contributed by atoms with Gasteiger partial charge in [-0.1, -0.05) is 12.2 Å². The molecule has 3 rings (SSSR count). The van der Waals surface area contributed by atoms with Crippen molar-refractivity contribution in [2.24, 2.45) is 11.8 Å². The number of carbonyl (C=O) groups is 1. The molecular formula is C8H8O3. The van der Waals surface area contributed by atoms with Gasteiger partial charge in [0.2, 0.25) is 0 Å². The van der Waals surface area contributed by atoms with Crippen molar-refractivity contribution in [1.82, 2.24) is 0 Å². The van der Waals surface area contributed by atoms with Gasteiger partial charge < -0.3 is 9.47 Å². The van der Waals surface area contributed by atoms with Gasteiger partial charge in [-0.15, -0.1) is 0 Å². The van der Waals surface area contributed by atoms with Crippen LogP contribution in [0, 0.1) is 11.8 Å². The zero-order chi connectivity index (χ0) is 7.42. The largest absolute Gasteiger partial charge is 0.465 e. The van der Waals surface area contributed by atoms with Crippen molar-refractivity contribution in [1.29, 1.82) is 0 Å². The molecule has 0 amide bonds. The smallest absolute Gasteiger partial charge is 0.312 e. The minimum absolute atomic E-state index is 0.00463. The van der Waals surface area contributed by atoms with Crippen LogP contribution in [0.15, 0.2) is 12.2 Å². The highest BCUT2D eigenvalue weighted by Gasteiger charge is 2.54. The molecule has 0 radical (unpaired) electrons. The first kappa shape index (κ1) is 5.77. The molecule has 2 bridgehead atoms. The lowest BCUT2D eigenvalue weighted by atomic mass is 9.86. The molecule has 0 saturated carbocycles. The van der Waals surface area contributed by atoms with Crippen LogP contribution in [-0.4, -0.2) is 24.8 Å². The molecule has 0 aromatic carbocycles. The first-order valence-corrected chi connectivity index (χ1v) is 3.87. The number of carbonyl (C=O) groups excluding carboxylic acids is 1. The molecule has 58 valence electrons. The Hall–Kier alpha value is -0.830. The lowest BCUT2D eigenvalue weighted by molar-refractivity contribution is -0.143. The Kier molecular flexibility index (Phi) is 0.874. The SMILES string of the molecule is O=C1OC[C@@H]2[C@@H]1[C@H]1C=C[C@@H]2O1. The first-order chi connectivity index (χ1) is 5.36. The summed E-state index contributed by atoms with van der Waals surface area (Å²) in [4.78, 5) is 11.1. The summed E-state index contributed by atoms with van der Waals surface area (Å²) >= 11 is 0. The minimum atomic E-state index is -0.0770. The van der Waals surface area contributed by atoms with E-state index in [1.165, 1.54) is 0 Å². The second kappa shape index (κ2) is 1.67. The molecule has 11 heavy (non-hydrogen) atoms. The van der Waals surface area contributed by atoms with Crippen molar-refractivity contribution < 1.29 is 14.3 Å². The van der Waals surface area contributed by atoms with E-state index in [0.717, 1.165) is 0 Å². The van der Waals surface area contributed by atoms with E-state index in [0.29, 0.717) is 12.5 Å². The van der Waals surface area contributed by atoms with Crippen molar-refractivity contribution in [2.45, 2.75) is 12.2 Å². The Morgan fingerprint density at radius 1 is 1.36 bits per heavy atom. The topological polar surface area (TPSA) is 35.5 Å². The summed E-state index contributed by atoms with van der Waals surface area (Å²) in [5.41, 5.74) is 0. The maximum atomic E-state index is 11.1. The van der Waals surface area contributed by atoms with Crippen LogP contribution in [0.3, 0.4) is 0 Å². The van der Waals surface area contributed by atoms with E-state index in [4.69, 9.17) is 9.47 Å². The summed E-state index contributed by atoms with van der Waals surface area (Å²) < 4.78 is 10.4. The van der Waals surface area contributed by atoms with Crippen molar-refractivity contribution in [2.75, 3.05) is 6.61 Å². The van der Waals surface area contributed by atoms with Gasteiger partial charge in [0.15, 0.2) is 0 Å². The maximum absolute atomic E-state index is 11.1. The lowest BCUT2D eigenvalue weighted by Gasteiger charge is -2.09. The third-order valence-electron chi connectivity index (χ3n) is 2.73. The first-order valence-electron chi connectivity index (χ1n) is 3.87. The molecule has 0 aromatic heterocycles. The highest BCUT2D eigenvalue weighted by molar-refractivity contribution is 5.77. The van der Waals surface area contributed by atoms with E-state index in [2.05, 4.69) is 0 Å². The van der Waals surface area contributed by atoms with Crippen LogP contribution in [-0.2, 0) is 14.3 Å². The fourth-order valence-electron chi connectivity index (χ4n) is 2.17. The second-order valence-electron chi connectivity index (χ2n) is 3.27. The standard InChI is InChI=1S/C8H8O3/c9-8-7-4(3-10-8)5-1-2-6(7)11-5/h1-2,4-7H,3H2/t4-,5-,6+,7+/m0/s1. The molecule has 3 aliphatic heterocycles. The molecule has 0 aliphatic carbocycles. The number of cyclic esters (lactones) is 1. The van der Waals surface area contributed by atoms with Gasteiger partial charge in [-0.2, -0.15) is 0 Å². The fraction of sp³-hybridized carbons (Fsp3) is 0.625. The van der Waals surface area contributed by atoms with E-state index >= 15 is 0 Å². The number of ether oxygens (including phenoxy) is 2. The highest BCUT2D eigenvalue weighted by atomic mass is 16.6. The average molecular weight is 152 g/mol. The summed E-state index contributed by atoms with van der Waals surface area (Å²) in [6.45, 7) is 0.551. The van der Waals surface area contributed by atoms with Crippen LogP contribution in [0.1, 0.15) is 0 Å². The molecule has 3 heteroatoms. The van der Waals surface area contributed by atoms with Crippen LogP contribution >= 0.6 is 0 Å². The third kappa shape index (κ3) is 0.554. The lowest BCUT2D eigenvalue weighted by Crippen LogP contribution is -2.24. The Bertz CT molecular complexity index is 246. The summed E-state index contributed by atoms with van der Waals surface area (Å²) in [5, 5.41) is 0. The zero-order valence-corrected chi connectivity index (χ0v) is 5.90. The predicted molar refractivity (Wildman–Crippen MR) is 35.7 cm³/mol. The van der Waals surface area contributed by atoms with Crippen molar-refractivity contribution in [3.05, 3.63) is 12.2 Å². The predicted octanol–water partition coefficient (Wildman–Crippen LogP) is 0.113. The molecule has 0 spiro atoms. The van der Waals surface area contributed by atoms with Crippen molar-refractivity contribution in [3.8, 4) is 0 Å². The molecule has 2 fully saturated rings. The molecule has 3 heterocycles. The van der Waals surface area contributed by atoms with Gasteiger partial charge in [-0.3, -0.25) is 4.79 Å². The van der Waals surface area contributed by atoms with Crippen LogP contribution in [0.2, 0.25) is 0 Å². The van der Waals surface area contributed by atoms with Crippen LogP contribution in [0.5, 0.6) is 0 Å². The number of esters is 1. The van der Waals surface area contributed by atoms with E-state index in [-0.39, 0.29) is 24.1 Å². The van der Waals surface area contributed by atoms with Gasteiger partial charge in [0.1, 0.15) is 0 Å². The average Bonchev–Trinajstić information content (AvgIpc) is 2.60. The quantitative estimate of drug-likeness (QED) is 0.365. The Morgan fingerprint density at radius 2 is 2.18 bits per heavy atom. The number of rotatable bonds is 0. The van der Waals surface area contributed by atoms with E-state index in [9.17, 15) is 4.79 Å². The van der Waals surface area contributed by atoms with Gasteiger partial charge in [0.05, 0.1) is 24.7 Å². The molecule has 3 nitrogen and oxygen atoms in total. The van der Waals surface area contributed by atoms with Gasteiger partial charge in [-0.05, 0) is 0 Å². The number of fused-ring (bicyclic) bond motifs is 5. The van der Waals surface area contributed by atoms with Crippen LogP contribution < -0.4 is 0 Å². The zero-order valence-electron chi connectivity index (χ0n) is 5.90. The van der Waals surface area contributed by atoms with Gasteiger partial charge in [0.25, 0.3) is 0 Å². The van der Waals surface area contributed by atoms with Gasteiger partial charge in [-0.25, -0.2) is 0 Å². The van der Waals surface area contributed by atoms with Gasteiger partial charge in [0, 0.05) is 5.92 Å². The monoisotopic (exact) mass is 152 g/mol. The van der Waals surface area contributed by atoms with Gasteiger partial charge >= 0.3 is 5.97 Å². The van der Waals surface area contributed by atoms with Crippen molar-refractivity contribution >= 4 is 5.97 Å². The molecule has 4 atom stereocenters. The Labute approximate surface area is 64.0 Å². The number of hydrogen-bond acceptors (Lipinski definition) is 3. The summed E-state index contributed by atoms with van der Waals surface area (Å²) in [7, 11) is 0. The normalized spacial score (nSPS) is 51.5. The molecule has 0 N–H and O–H groups in total. The maximum Gasteiger partial charge on any atom is 0.312 e. The summed E-state index contributed by atoms with van der Waals surface area (Å²) in [6.07, 6.45) is 4.17. The van der Waals surface area contributed by atoms with Crippen LogP contribution in [0.4, 0.5) is 0 Å². The Balaban J connectivity index is 2.03. The molecule has 2 saturated heterocycles.